The van der Waals surface area contributed by atoms with E-state index in [1.54, 1.807) is 67.6 Å². The zero-order chi connectivity index (χ0) is 26.1. The summed E-state index contributed by atoms with van der Waals surface area (Å²) in [5.74, 6) is -0.822. The predicted molar refractivity (Wildman–Crippen MR) is 144 cm³/mol. The molecule has 0 spiro atoms. The van der Waals surface area contributed by atoms with E-state index < -0.39 is 31.1 Å². The summed E-state index contributed by atoms with van der Waals surface area (Å²) in [4.78, 5) is 26.8. The van der Waals surface area contributed by atoms with E-state index in [-0.39, 0.29) is 24.5 Å². The topological polar surface area (TPSA) is 85.3 Å². The Morgan fingerprint density at radius 3 is 1.97 bits per heavy atom. The third-order valence-corrected chi connectivity index (χ3v) is 7.17. The number of aliphatic carboxylic acids is 1. The second kappa shape index (κ2) is 13.0. The lowest BCUT2D eigenvalue weighted by Crippen LogP contribution is -2.61. The number of hydrogen-bond acceptors (Lipinski definition) is 6. The summed E-state index contributed by atoms with van der Waals surface area (Å²) >= 11 is 17.8. The number of carbonyl (C=O) groups excluding carboxylic acids is 1. The van der Waals surface area contributed by atoms with Gasteiger partial charge in [0.2, 0.25) is 0 Å². The van der Waals surface area contributed by atoms with Crippen molar-refractivity contribution in [3.8, 4) is 11.5 Å². The molecule has 2 atom stereocenters. The van der Waals surface area contributed by atoms with E-state index in [1.807, 2.05) is 6.07 Å². The van der Waals surface area contributed by atoms with Crippen LogP contribution in [-0.2, 0) is 27.9 Å². The van der Waals surface area contributed by atoms with Crippen LogP contribution in [0, 0.1) is 0 Å². The minimum atomic E-state index is -2.02. The fourth-order valence-corrected chi connectivity index (χ4v) is 5.11. The van der Waals surface area contributed by atoms with Crippen molar-refractivity contribution < 1.29 is 28.9 Å². The van der Waals surface area contributed by atoms with Crippen LogP contribution in [0.25, 0.3) is 0 Å². The van der Waals surface area contributed by atoms with Gasteiger partial charge in [0, 0.05) is 17.4 Å². The van der Waals surface area contributed by atoms with Gasteiger partial charge in [0.25, 0.3) is 0 Å². The molecule has 0 aromatic heterocycles. The lowest BCUT2D eigenvalue weighted by atomic mass is 10.2. The molecule has 2 unspecified atom stereocenters. The molecule has 1 N–H and O–H groups in total. The number of hydrogen-bond donors (Lipinski definition) is 1. The zero-order valence-corrected chi connectivity index (χ0v) is 22.7. The van der Waals surface area contributed by atoms with Crippen LogP contribution in [0.1, 0.15) is 18.9 Å². The highest BCUT2D eigenvalue weighted by atomic mass is 35.5. The zero-order valence-electron chi connectivity index (χ0n) is 19.2. The second-order valence-corrected chi connectivity index (χ2v) is 10.1. The van der Waals surface area contributed by atoms with Gasteiger partial charge in [0.05, 0.1) is 0 Å². The standard InChI is InChI=1S/C25H24Cl2NO6PS/c1-2-22(23(29)30)28(24(31)32-16-17-8-4-3-5-9-17)25(35-36,33-20-12-6-10-18(26)14-20)34-21-13-7-11-19(27)15-21/h3-15,22H,2,16,35H2,1H3,(H,29,30). The molecule has 190 valence electrons. The maximum absolute atomic E-state index is 13.5. The Bertz CT molecular complexity index is 1170. The molecule has 11 heteroatoms. The number of halogens is 2. The highest BCUT2D eigenvalue weighted by Gasteiger charge is 2.50. The summed E-state index contributed by atoms with van der Waals surface area (Å²) in [6.45, 7) is 1.53. The van der Waals surface area contributed by atoms with Crippen molar-refractivity contribution in [1.29, 1.82) is 0 Å². The van der Waals surface area contributed by atoms with E-state index >= 15 is 0 Å². The van der Waals surface area contributed by atoms with Crippen LogP contribution in [0.15, 0.2) is 78.9 Å². The van der Waals surface area contributed by atoms with E-state index in [1.165, 1.54) is 12.1 Å². The van der Waals surface area contributed by atoms with Crippen LogP contribution in [0.2, 0.25) is 10.0 Å². The first kappa shape index (κ1) is 27.8. The van der Waals surface area contributed by atoms with E-state index in [0.717, 1.165) is 10.5 Å². The van der Waals surface area contributed by atoms with Crippen molar-refractivity contribution >= 4 is 54.4 Å². The molecule has 0 radical (unpaired) electrons. The fourth-order valence-electron chi connectivity index (χ4n) is 3.35. The Kier molecular flexibility index (Phi) is 10.0. The summed E-state index contributed by atoms with van der Waals surface area (Å²) < 4.78 is 17.9. The molecule has 7 nitrogen and oxygen atoms in total. The number of rotatable bonds is 11. The molecule has 0 heterocycles. The van der Waals surface area contributed by atoms with Crippen molar-refractivity contribution in [1.82, 2.24) is 4.90 Å². The van der Waals surface area contributed by atoms with E-state index in [2.05, 4.69) is 0 Å². The van der Waals surface area contributed by atoms with Gasteiger partial charge >= 0.3 is 17.7 Å². The molecule has 1 amide bonds. The van der Waals surface area contributed by atoms with Crippen molar-refractivity contribution in [2.45, 2.75) is 31.6 Å². The molecule has 36 heavy (non-hydrogen) atoms. The number of carbonyl (C=O) groups is 2. The summed E-state index contributed by atoms with van der Waals surface area (Å²) in [5.41, 5.74) is -1.30. The van der Waals surface area contributed by atoms with Gasteiger partial charge in [-0.15, -0.1) is 0 Å². The normalized spacial score (nSPS) is 12.2. The monoisotopic (exact) mass is 567 g/mol. The molecule has 3 aromatic rings. The minimum Gasteiger partial charge on any atom is -0.480 e. The minimum absolute atomic E-state index is 0.0319. The maximum atomic E-state index is 13.5. The third-order valence-electron chi connectivity index (χ3n) is 4.99. The Morgan fingerprint density at radius 2 is 1.53 bits per heavy atom. The molecule has 3 rings (SSSR count). The summed E-state index contributed by atoms with van der Waals surface area (Å²) in [5, 5.41) is 10.8. The molecule has 0 saturated carbocycles. The fraction of sp³-hybridized carbons (Fsp3) is 0.200. The average Bonchev–Trinajstić information content (AvgIpc) is 2.86. The van der Waals surface area contributed by atoms with Gasteiger partial charge in [-0.2, -0.15) is 0 Å². The highest BCUT2D eigenvalue weighted by Crippen LogP contribution is 2.38. The molecule has 0 fully saturated rings. The van der Waals surface area contributed by atoms with Crippen LogP contribution in [0.4, 0.5) is 4.79 Å². The van der Waals surface area contributed by atoms with Gasteiger partial charge in [-0.05, 0) is 48.4 Å². The Morgan fingerprint density at radius 1 is 0.972 bits per heavy atom. The van der Waals surface area contributed by atoms with Crippen molar-refractivity contribution in [2.75, 3.05) is 0 Å². The van der Waals surface area contributed by atoms with E-state index in [4.69, 9.17) is 49.2 Å². The molecule has 0 aliphatic rings. The van der Waals surface area contributed by atoms with Crippen LogP contribution >= 0.6 is 30.6 Å². The van der Waals surface area contributed by atoms with Crippen molar-refractivity contribution in [2.24, 2.45) is 0 Å². The van der Waals surface area contributed by atoms with Crippen molar-refractivity contribution in [3.05, 3.63) is 94.5 Å². The summed E-state index contributed by atoms with van der Waals surface area (Å²) in [7, 11) is -1.31. The van der Waals surface area contributed by atoms with Crippen LogP contribution in [-0.4, -0.2) is 33.8 Å². The lowest BCUT2D eigenvalue weighted by molar-refractivity contribution is -0.173. The number of ether oxygens (including phenoxy) is 3. The largest absolute Gasteiger partial charge is 0.480 e. The van der Waals surface area contributed by atoms with Gasteiger partial charge in [0.1, 0.15) is 24.1 Å². The molecular weight excluding hydrogens is 544 g/mol. The van der Waals surface area contributed by atoms with Gasteiger partial charge in [-0.1, -0.05) is 84.4 Å². The van der Waals surface area contributed by atoms with Crippen LogP contribution in [0.3, 0.4) is 0 Å². The quantitative estimate of drug-likeness (QED) is 0.211. The number of carboxylic acids is 1. The third kappa shape index (κ3) is 7.14. The number of amides is 1. The number of benzene rings is 3. The average molecular weight is 568 g/mol. The highest BCUT2D eigenvalue weighted by molar-refractivity contribution is 7.97. The van der Waals surface area contributed by atoms with Gasteiger partial charge < -0.3 is 19.3 Å². The van der Waals surface area contributed by atoms with E-state index in [9.17, 15) is 14.7 Å². The Labute approximate surface area is 225 Å². The SMILES string of the molecule is CCC(C(=O)O)N(C(=O)OCc1ccccc1)C(Oc1cccc(Cl)c1)(Oc1cccc(Cl)c1)[PH2]=S. The van der Waals surface area contributed by atoms with Gasteiger partial charge in [-0.25, -0.2) is 14.5 Å². The van der Waals surface area contributed by atoms with Crippen LogP contribution < -0.4 is 9.47 Å². The van der Waals surface area contributed by atoms with Gasteiger partial charge in [-0.3, -0.25) is 0 Å². The summed E-state index contributed by atoms with van der Waals surface area (Å²) in [6.07, 6.45) is -0.932. The second-order valence-electron chi connectivity index (χ2n) is 7.54. The van der Waals surface area contributed by atoms with E-state index in [0.29, 0.717) is 10.0 Å². The number of carboxylic acid groups (broad SMARTS) is 1. The smallest absolute Gasteiger partial charge is 0.417 e. The molecule has 0 aliphatic carbocycles. The predicted octanol–water partition coefficient (Wildman–Crippen LogP) is 6.44. The number of nitrogens with zero attached hydrogens (tertiary/aromatic N) is 1. The van der Waals surface area contributed by atoms with Crippen molar-refractivity contribution in [3.63, 3.8) is 0 Å². The lowest BCUT2D eigenvalue weighted by Gasteiger charge is -2.42. The molecule has 0 bridgehead atoms. The maximum Gasteiger partial charge on any atom is 0.417 e. The van der Waals surface area contributed by atoms with Crippen LogP contribution in [0.5, 0.6) is 11.5 Å². The Balaban J connectivity index is 2.10. The van der Waals surface area contributed by atoms with Gasteiger partial charge in [0.15, 0.2) is 0 Å². The molecule has 3 aromatic carbocycles. The molecule has 0 saturated heterocycles. The first-order chi connectivity index (χ1) is 17.3. The summed E-state index contributed by atoms with van der Waals surface area (Å²) in [6, 6.07) is 20.4. The first-order valence-corrected chi connectivity index (χ1v) is 14.1. The first-order valence-electron chi connectivity index (χ1n) is 10.9. The Hall–Kier alpha value is -2.77. The molecule has 0 aliphatic heterocycles. The molecular formula is C25H24Cl2NO6PS.